The van der Waals surface area contributed by atoms with Crippen molar-refractivity contribution in [2.24, 2.45) is 0 Å². The fourth-order valence-corrected chi connectivity index (χ4v) is 1.85. The van der Waals surface area contributed by atoms with E-state index >= 15 is 0 Å². The van der Waals surface area contributed by atoms with Gasteiger partial charge < -0.3 is 5.21 Å². The van der Waals surface area contributed by atoms with E-state index in [1.54, 1.807) is 21.5 Å². The zero-order chi connectivity index (χ0) is 13.1. The number of hydrogen-bond acceptors (Lipinski definition) is 3. The van der Waals surface area contributed by atoms with Crippen LogP contribution in [-0.2, 0) is 6.54 Å². The number of hydroxylamine groups is 1. The van der Waals surface area contributed by atoms with E-state index in [1.807, 2.05) is 38.1 Å². The van der Waals surface area contributed by atoms with Crippen LogP contribution in [0.3, 0.4) is 0 Å². The fourth-order valence-electron chi connectivity index (χ4n) is 1.85. The fraction of sp³-hybridized carbons (Fsp3) is 0.308. The molecule has 2 aromatic rings. The van der Waals surface area contributed by atoms with Crippen molar-refractivity contribution < 1.29 is 5.21 Å². The topological polar surface area (TPSA) is 59.2 Å². The molecule has 0 aliphatic carbocycles. The molecular weight excluding hydrogens is 230 g/mol. The van der Waals surface area contributed by atoms with Gasteiger partial charge in [-0.25, -0.2) is 10.3 Å². The molecule has 0 amide bonds. The summed E-state index contributed by atoms with van der Waals surface area (Å²) < 4.78 is 3.29. The van der Waals surface area contributed by atoms with E-state index in [4.69, 9.17) is 5.21 Å². The number of imidazole rings is 1. The van der Waals surface area contributed by atoms with Crippen LogP contribution in [0, 0.1) is 0 Å². The van der Waals surface area contributed by atoms with Gasteiger partial charge in [0.1, 0.15) is 0 Å². The SMILES string of the molecule is CC(C)n1ccn(-c2ccc(CNO)cc2)c1=O. The first-order chi connectivity index (χ1) is 8.63. The summed E-state index contributed by atoms with van der Waals surface area (Å²) in [7, 11) is 0. The lowest BCUT2D eigenvalue weighted by atomic mass is 10.2. The molecular formula is C13H17N3O2. The second-order valence-corrected chi connectivity index (χ2v) is 4.45. The van der Waals surface area contributed by atoms with E-state index in [0.29, 0.717) is 6.54 Å². The first-order valence-corrected chi connectivity index (χ1v) is 5.89. The Balaban J connectivity index is 2.34. The molecule has 0 bridgehead atoms. The van der Waals surface area contributed by atoms with Gasteiger partial charge in [-0.1, -0.05) is 12.1 Å². The van der Waals surface area contributed by atoms with Gasteiger partial charge in [-0.2, -0.15) is 0 Å². The van der Waals surface area contributed by atoms with Gasteiger partial charge in [-0.05, 0) is 31.5 Å². The van der Waals surface area contributed by atoms with E-state index in [9.17, 15) is 4.79 Å². The van der Waals surface area contributed by atoms with Crippen molar-refractivity contribution >= 4 is 0 Å². The summed E-state index contributed by atoms with van der Waals surface area (Å²) in [5, 5.41) is 8.61. The lowest BCUT2D eigenvalue weighted by Gasteiger charge is -2.06. The molecule has 0 saturated carbocycles. The molecule has 0 unspecified atom stereocenters. The van der Waals surface area contributed by atoms with Crippen molar-refractivity contribution in [2.45, 2.75) is 26.4 Å². The Kier molecular flexibility index (Phi) is 3.64. The zero-order valence-corrected chi connectivity index (χ0v) is 10.5. The van der Waals surface area contributed by atoms with Gasteiger partial charge in [-0.15, -0.1) is 0 Å². The Morgan fingerprint density at radius 3 is 2.39 bits per heavy atom. The van der Waals surface area contributed by atoms with Gasteiger partial charge in [0.05, 0.1) is 5.69 Å². The van der Waals surface area contributed by atoms with Crippen LogP contribution in [0.1, 0.15) is 25.5 Å². The third-order valence-electron chi connectivity index (χ3n) is 2.86. The first kappa shape index (κ1) is 12.6. The van der Waals surface area contributed by atoms with Gasteiger partial charge in [0, 0.05) is 25.0 Å². The lowest BCUT2D eigenvalue weighted by Crippen LogP contribution is -2.24. The molecule has 0 saturated heterocycles. The Morgan fingerprint density at radius 2 is 1.89 bits per heavy atom. The molecule has 1 heterocycles. The highest BCUT2D eigenvalue weighted by Crippen LogP contribution is 2.09. The van der Waals surface area contributed by atoms with Crippen LogP contribution in [0.15, 0.2) is 41.5 Å². The summed E-state index contributed by atoms with van der Waals surface area (Å²) in [6.45, 7) is 4.34. The van der Waals surface area contributed by atoms with Gasteiger partial charge in [-0.3, -0.25) is 9.13 Å². The van der Waals surface area contributed by atoms with Gasteiger partial charge >= 0.3 is 5.69 Å². The molecule has 1 aromatic carbocycles. The standard InChI is InChI=1S/C13H17N3O2/c1-10(2)15-7-8-16(13(15)17)12-5-3-11(4-6-12)9-14-18/h3-8,10,14,18H,9H2,1-2H3. The molecule has 1 aromatic heterocycles. The quantitative estimate of drug-likeness (QED) is 0.808. The Bertz CT molecular complexity index is 567. The van der Waals surface area contributed by atoms with Crippen LogP contribution in [0.25, 0.3) is 5.69 Å². The molecule has 0 aliphatic heterocycles. The average molecular weight is 247 g/mol. The number of nitrogens with zero attached hydrogens (tertiary/aromatic N) is 2. The van der Waals surface area contributed by atoms with Crippen molar-refractivity contribution in [1.82, 2.24) is 14.6 Å². The second-order valence-electron chi connectivity index (χ2n) is 4.45. The number of rotatable bonds is 4. The molecule has 96 valence electrons. The predicted octanol–water partition coefficient (Wildman–Crippen LogP) is 1.70. The number of nitrogens with one attached hydrogen (secondary N) is 1. The molecule has 0 atom stereocenters. The van der Waals surface area contributed by atoms with Crippen LogP contribution in [-0.4, -0.2) is 14.3 Å². The molecule has 0 radical (unpaired) electrons. The maximum Gasteiger partial charge on any atom is 0.332 e. The maximum atomic E-state index is 12.1. The monoisotopic (exact) mass is 247 g/mol. The van der Waals surface area contributed by atoms with Crippen LogP contribution in [0.5, 0.6) is 0 Å². The van der Waals surface area contributed by atoms with E-state index in [-0.39, 0.29) is 11.7 Å². The average Bonchev–Trinajstić information content (AvgIpc) is 2.73. The second kappa shape index (κ2) is 5.20. The first-order valence-electron chi connectivity index (χ1n) is 5.89. The Morgan fingerprint density at radius 1 is 1.22 bits per heavy atom. The van der Waals surface area contributed by atoms with Crippen molar-refractivity contribution in [3.05, 3.63) is 52.7 Å². The number of benzene rings is 1. The van der Waals surface area contributed by atoms with Crippen LogP contribution < -0.4 is 11.2 Å². The van der Waals surface area contributed by atoms with Gasteiger partial charge in [0.15, 0.2) is 0 Å². The molecule has 2 N–H and O–H groups in total. The summed E-state index contributed by atoms with van der Waals surface area (Å²) in [6, 6.07) is 7.61. The molecule has 0 aliphatic rings. The van der Waals surface area contributed by atoms with E-state index in [0.717, 1.165) is 11.3 Å². The maximum absolute atomic E-state index is 12.1. The zero-order valence-electron chi connectivity index (χ0n) is 10.5. The minimum Gasteiger partial charge on any atom is -0.316 e. The van der Waals surface area contributed by atoms with E-state index < -0.39 is 0 Å². The number of aromatic nitrogens is 2. The van der Waals surface area contributed by atoms with Gasteiger partial charge in [0.25, 0.3) is 0 Å². The third-order valence-corrected chi connectivity index (χ3v) is 2.86. The largest absolute Gasteiger partial charge is 0.332 e. The summed E-state index contributed by atoms with van der Waals surface area (Å²) in [5.74, 6) is 0. The summed E-state index contributed by atoms with van der Waals surface area (Å²) in [6.07, 6.45) is 3.55. The van der Waals surface area contributed by atoms with Crippen molar-refractivity contribution in [2.75, 3.05) is 0 Å². The van der Waals surface area contributed by atoms with Crippen LogP contribution in [0.4, 0.5) is 0 Å². The summed E-state index contributed by atoms with van der Waals surface area (Å²) >= 11 is 0. The van der Waals surface area contributed by atoms with E-state index in [2.05, 4.69) is 5.48 Å². The third kappa shape index (κ3) is 2.37. The lowest BCUT2D eigenvalue weighted by molar-refractivity contribution is 0.161. The summed E-state index contributed by atoms with van der Waals surface area (Å²) in [4.78, 5) is 12.1. The van der Waals surface area contributed by atoms with Crippen LogP contribution >= 0.6 is 0 Å². The van der Waals surface area contributed by atoms with Crippen molar-refractivity contribution in [3.8, 4) is 5.69 Å². The molecule has 0 fully saturated rings. The van der Waals surface area contributed by atoms with Crippen LogP contribution in [0.2, 0.25) is 0 Å². The highest BCUT2D eigenvalue weighted by molar-refractivity contribution is 5.34. The number of hydrogen-bond donors (Lipinski definition) is 2. The molecule has 5 nitrogen and oxygen atoms in total. The smallest absolute Gasteiger partial charge is 0.316 e. The molecule has 18 heavy (non-hydrogen) atoms. The van der Waals surface area contributed by atoms with Crippen molar-refractivity contribution in [3.63, 3.8) is 0 Å². The van der Waals surface area contributed by atoms with E-state index in [1.165, 1.54) is 0 Å². The normalized spacial score (nSPS) is 11.1. The Hall–Kier alpha value is -1.85. The highest BCUT2D eigenvalue weighted by atomic mass is 16.5. The molecule has 5 heteroatoms. The molecule has 0 spiro atoms. The predicted molar refractivity (Wildman–Crippen MR) is 69.0 cm³/mol. The minimum atomic E-state index is -0.0435. The van der Waals surface area contributed by atoms with Crippen molar-refractivity contribution in [1.29, 1.82) is 0 Å². The minimum absolute atomic E-state index is 0.0435. The highest BCUT2D eigenvalue weighted by Gasteiger charge is 2.07. The van der Waals surface area contributed by atoms with Gasteiger partial charge in [0.2, 0.25) is 0 Å². The molecule has 2 rings (SSSR count). The summed E-state index contributed by atoms with van der Waals surface area (Å²) in [5.41, 5.74) is 3.83. The Labute approximate surface area is 105 Å².